The van der Waals surface area contributed by atoms with E-state index >= 15 is 0 Å². The molecule has 0 aliphatic carbocycles. The predicted molar refractivity (Wildman–Crippen MR) is 189 cm³/mol. The van der Waals surface area contributed by atoms with Crippen LogP contribution in [0.5, 0.6) is 11.5 Å². The third-order valence-corrected chi connectivity index (χ3v) is 7.72. The number of alkyl carbamates (subject to hydrolysis) is 1. The first-order valence-corrected chi connectivity index (χ1v) is 16.3. The summed E-state index contributed by atoms with van der Waals surface area (Å²) in [6.45, 7) is 12.9. The number of carbonyl (C=O) groups excluding carboxylic acids is 3. The van der Waals surface area contributed by atoms with E-state index in [0.717, 1.165) is 16.7 Å². The van der Waals surface area contributed by atoms with Gasteiger partial charge in [-0.1, -0.05) is 67.1 Å². The van der Waals surface area contributed by atoms with Crippen molar-refractivity contribution in [2.24, 2.45) is 0 Å². The van der Waals surface area contributed by atoms with Gasteiger partial charge in [-0.15, -0.1) is 0 Å². The van der Waals surface area contributed by atoms with Crippen LogP contribution < -0.4 is 15.4 Å². The summed E-state index contributed by atoms with van der Waals surface area (Å²) in [7, 11) is 0. The molecule has 4 aromatic rings. The lowest BCUT2D eigenvalue weighted by Gasteiger charge is -2.29. The molecule has 48 heavy (non-hydrogen) atoms. The van der Waals surface area contributed by atoms with Gasteiger partial charge in [-0.25, -0.2) is 9.59 Å². The van der Waals surface area contributed by atoms with Crippen molar-refractivity contribution in [2.75, 3.05) is 6.61 Å². The third kappa shape index (κ3) is 9.38. The number of benzene rings is 4. The number of esters is 1. The molecule has 2 amide bonds. The Morgan fingerprint density at radius 2 is 1.52 bits per heavy atom. The molecule has 0 fully saturated rings. The topological polar surface area (TPSA) is 103 Å². The molecule has 2 N–H and O–H groups in total. The summed E-state index contributed by atoms with van der Waals surface area (Å²) >= 11 is 6.49. The zero-order valence-corrected chi connectivity index (χ0v) is 29.2. The van der Waals surface area contributed by atoms with Crippen LogP contribution >= 0.6 is 11.6 Å². The molecule has 0 radical (unpaired) electrons. The van der Waals surface area contributed by atoms with E-state index in [1.807, 2.05) is 102 Å². The van der Waals surface area contributed by atoms with Crippen LogP contribution in [0.3, 0.4) is 0 Å². The molecule has 4 rings (SSSR count). The van der Waals surface area contributed by atoms with Crippen molar-refractivity contribution < 1.29 is 28.6 Å². The SMILES string of the molecule is CCOC(=O)C(CC)NC(=O)c1ccc(-c2ccccc2)cc1-c1ccc(Cl)cc1Oc1cccc(C(C)(C)NC(=O)OC(C)(C)C)c1. The van der Waals surface area contributed by atoms with E-state index in [1.54, 1.807) is 37.3 Å². The Labute approximate surface area is 287 Å². The average Bonchev–Trinajstić information content (AvgIpc) is 3.03. The lowest BCUT2D eigenvalue weighted by molar-refractivity contribution is -0.145. The molecule has 0 saturated heterocycles. The summed E-state index contributed by atoms with van der Waals surface area (Å²) < 4.78 is 17.1. The Balaban J connectivity index is 1.76. The summed E-state index contributed by atoms with van der Waals surface area (Å²) in [4.78, 5) is 38.9. The summed E-state index contributed by atoms with van der Waals surface area (Å²) in [5, 5.41) is 6.22. The van der Waals surface area contributed by atoms with Gasteiger partial charge in [-0.2, -0.15) is 0 Å². The molecule has 1 atom stereocenters. The molecule has 4 aromatic carbocycles. The number of hydrogen-bond acceptors (Lipinski definition) is 6. The fraction of sp³-hybridized carbons (Fsp3) is 0.308. The highest BCUT2D eigenvalue weighted by atomic mass is 35.5. The molecule has 9 heteroatoms. The predicted octanol–water partition coefficient (Wildman–Crippen LogP) is 9.30. The minimum atomic E-state index is -0.805. The second kappa shape index (κ2) is 15.4. The highest BCUT2D eigenvalue weighted by molar-refractivity contribution is 6.30. The van der Waals surface area contributed by atoms with Crippen LogP contribution in [0.25, 0.3) is 22.3 Å². The molecule has 0 aliphatic heterocycles. The largest absolute Gasteiger partial charge is 0.464 e. The summed E-state index contributed by atoms with van der Waals surface area (Å²) in [6, 6.07) is 27.2. The van der Waals surface area contributed by atoms with Crippen molar-refractivity contribution in [3.63, 3.8) is 0 Å². The molecule has 1 unspecified atom stereocenters. The van der Waals surface area contributed by atoms with Gasteiger partial charge in [0.05, 0.1) is 12.1 Å². The van der Waals surface area contributed by atoms with E-state index in [2.05, 4.69) is 10.6 Å². The van der Waals surface area contributed by atoms with Crippen LogP contribution in [0.1, 0.15) is 70.8 Å². The highest BCUT2D eigenvalue weighted by Gasteiger charge is 2.27. The average molecular weight is 671 g/mol. The molecule has 8 nitrogen and oxygen atoms in total. The Hall–Kier alpha value is -4.82. The van der Waals surface area contributed by atoms with Gasteiger partial charge in [0.2, 0.25) is 0 Å². The molecule has 0 aliphatic rings. The van der Waals surface area contributed by atoms with Crippen molar-refractivity contribution in [1.29, 1.82) is 0 Å². The number of carbonyl (C=O) groups is 3. The summed E-state index contributed by atoms with van der Waals surface area (Å²) in [6.07, 6.45) is -0.166. The van der Waals surface area contributed by atoms with Crippen LogP contribution in [0, 0.1) is 0 Å². The van der Waals surface area contributed by atoms with Gasteiger partial charge >= 0.3 is 12.1 Å². The first-order valence-electron chi connectivity index (χ1n) is 16.0. The van der Waals surface area contributed by atoms with Gasteiger partial charge in [0, 0.05) is 22.2 Å². The zero-order valence-electron chi connectivity index (χ0n) is 28.5. The normalized spacial score (nSPS) is 12.1. The summed E-state index contributed by atoms with van der Waals surface area (Å²) in [5.41, 5.74) is 2.75. The zero-order chi connectivity index (χ0) is 35.1. The van der Waals surface area contributed by atoms with E-state index in [1.165, 1.54) is 0 Å². The molecule has 0 heterocycles. The smallest absolute Gasteiger partial charge is 0.408 e. The van der Waals surface area contributed by atoms with Crippen molar-refractivity contribution in [3.05, 3.63) is 107 Å². The van der Waals surface area contributed by atoms with Gasteiger partial charge in [0.25, 0.3) is 5.91 Å². The minimum Gasteiger partial charge on any atom is -0.464 e. The molecular formula is C39H43ClN2O6. The molecule has 0 bridgehead atoms. The Morgan fingerprint density at radius 1 is 0.792 bits per heavy atom. The first-order chi connectivity index (χ1) is 22.7. The molecule has 0 aromatic heterocycles. The monoisotopic (exact) mass is 670 g/mol. The standard InChI is InChI=1S/C39H43ClN2O6/c1-8-33(36(44)46-9-2)41-35(43)31-20-18-26(25-14-11-10-12-15-25)22-32(31)30-21-19-28(40)24-34(30)47-29-17-13-16-27(23-29)39(6,7)42-37(45)48-38(3,4)5/h10-24,33H,8-9H2,1-7H3,(H,41,43)(H,42,45). The fourth-order valence-corrected chi connectivity index (χ4v) is 5.25. The van der Waals surface area contributed by atoms with Gasteiger partial charge in [0.1, 0.15) is 23.1 Å². The van der Waals surface area contributed by atoms with Crippen molar-refractivity contribution in [1.82, 2.24) is 10.6 Å². The number of amides is 2. The van der Waals surface area contributed by atoms with Crippen LogP contribution in [-0.2, 0) is 19.8 Å². The lowest BCUT2D eigenvalue weighted by Crippen LogP contribution is -2.43. The highest BCUT2D eigenvalue weighted by Crippen LogP contribution is 2.40. The molecule has 0 spiro atoms. The minimum absolute atomic E-state index is 0.211. The van der Waals surface area contributed by atoms with Crippen molar-refractivity contribution >= 4 is 29.6 Å². The number of nitrogens with one attached hydrogen (secondary N) is 2. The summed E-state index contributed by atoms with van der Waals surface area (Å²) in [5.74, 6) is -0.0134. The molecule has 252 valence electrons. The molecule has 0 saturated carbocycles. The number of hydrogen-bond donors (Lipinski definition) is 2. The van der Waals surface area contributed by atoms with Gasteiger partial charge in [-0.3, -0.25) is 4.79 Å². The lowest BCUT2D eigenvalue weighted by atomic mass is 9.93. The number of ether oxygens (including phenoxy) is 3. The Morgan fingerprint density at radius 3 is 2.19 bits per heavy atom. The maximum Gasteiger partial charge on any atom is 0.408 e. The van der Waals surface area contributed by atoms with Crippen LogP contribution in [0.15, 0.2) is 91.0 Å². The van der Waals surface area contributed by atoms with Crippen LogP contribution in [0.2, 0.25) is 5.02 Å². The third-order valence-electron chi connectivity index (χ3n) is 7.49. The Kier molecular flexibility index (Phi) is 11.5. The maximum absolute atomic E-state index is 13.8. The first kappa shape index (κ1) is 36.0. The van der Waals surface area contributed by atoms with Crippen LogP contribution in [0.4, 0.5) is 4.79 Å². The number of rotatable bonds is 11. The van der Waals surface area contributed by atoms with E-state index in [9.17, 15) is 14.4 Å². The van der Waals surface area contributed by atoms with E-state index < -0.39 is 35.2 Å². The van der Waals surface area contributed by atoms with Gasteiger partial charge < -0.3 is 24.8 Å². The quantitative estimate of drug-likeness (QED) is 0.154. The Bertz CT molecular complexity index is 1760. The second-order valence-corrected chi connectivity index (χ2v) is 13.3. The van der Waals surface area contributed by atoms with Crippen LogP contribution in [-0.4, -0.2) is 36.2 Å². The van der Waals surface area contributed by atoms with Crippen molar-refractivity contribution in [2.45, 2.75) is 72.1 Å². The van der Waals surface area contributed by atoms with Gasteiger partial charge in [0.15, 0.2) is 0 Å². The fourth-order valence-electron chi connectivity index (χ4n) is 5.09. The van der Waals surface area contributed by atoms with Crippen molar-refractivity contribution in [3.8, 4) is 33.8 Å². The number of halogens is 1. The van der Waals surface area contributed by atoms with E-state index in [4.69, 9.17) is 25.8 Å². The maximum atomic E-state index is 13.8. The van der Waals surface area contributed by atoms with E-state index in [0.29, 0.717) is 39.6 Å². The second-order valence-electron chi connectivity index (χ2n) is 12.8. The molecular weight excluding hydrogens is 628 g/mol. The van der Waals surface area contributed by atoms with E-state index in [-0.39, 0.29) is 6.61 Å². The van der Waals surface area contributed by atoms with Gasteiger partial charge in [-0.05, 0) is 107 Å².